The Hall–Kier alpha value is -1.58. The maximum atomic E-state index is 11.1. The van der Waals surface area contributed by atoms with E-state index >= 15 is 0 Å². The highest BCUT2D eigenvalue weighted by molar-refractivity contribution is 7.85. The van der Waals surface area contributed by atoms with E-state index in [1.807, 2.05) is 0 Å². The standard InChI is InChI=1S/C20H19Cl3N2O8S3/c1-11-8-14-13(9-12(11)21)24(4-2-6-35(26,27)28)15(32-14)10-16-25(5-3-7-36(29,30)31)17-18(34-16)20(23)33-19(17)22/h8-10H,2-7H2,1H3,(H-,26,27,28,29,30,31)/p-1. The molecular formula is C20H18Cl3N2O8S3-. The van der Waals surface area contributed by atoms with Gasteiger partial charge >= 0.3 is 0 Å². The number of ether oxygens (including phenoxy) is 1. The fourth-order valence-corrected chi connectivity index (χ4v) is 6.60. The number of aryl methyl sites for hydroxylation is 2. The van der Waals surface area contributed by atoms with Crippen LogP contribution in [0.3, 0.4) is 0 Å². The predicted molar refractivity (Wildman–Crippen MR) is 135 cm³/mol. The lowest BCUT2D eigenvalue weighted by Gasteiger charge is -2.18. The van der Waals surface area contributed by atoms with Gasteiger partial charge in [0, 0.05) is 29.5 Å². The topological polar surface area (TPSA) is 144 Å². The molecular weight excluding hydrogens is 599 g/mol. The Labute approximate surface area is 226 Å². The highest BCUT2D eigenvalue weighted by Gasteiger charge is 2.32. The zero-order valence-corrected chi connectivity index (χ0v) is 23.2. The first-order valence-corrected chi connectivity index (χ1v) is 15.5. The Morgan fingerprint density at radius 3 is 2.39 bits per heavy atom. The molecule has 0 unspecified atom stereocenters. The molecule has 16 heteroatoms. The summed E-state index contributed by atoms with van der Waals surface area (Å²) in [5.74, 6) is -0.340. The van der Waals surface area contributed by atoms with Crippen LogP contribution >= 0.6 is 46.1 Å². The number of thiazole rings is 1. The normalized spacial score (nSPS) is 15.2. The molecule has 2 aromatic heterocycles. The fraction of sp³-hybridized carbons (Fsp3) is 0.350. The second-order valence-electron chi connectivity index (χ2n) is 7.96. The molecule has 0 spiro atoms. The van der Waals surface area contributed by atoms with Crippen LogP contribution in [0, 0.1) is 6.92 Å². The van der Waals surface area contributed by atoms with Gasteiger partial charge in [0.15, 0.2) is 17.0 Å². The molecule has 0 aliphatic carbocycles. The van der Waals surface area contributed by atoms with Crippen molar-refractivity contribution in [2.24, 2.45) is 0 Å². The average molecular weight is 617 g/mol. The van der Waals surface area contributed by atoms with Gasteiger partial charge in [0.05, 0.1) is 32.0 Å². The van der Waals surface area contributed by atoms with Crippen molar-refractivity contribution < 1.29 is 39.7 Å². The van der Waals surface area contributed by atoms with E-state index in [0.29, 0.717) is 37.6 Å². The van der Waals surface area contributed by atoms with E-state index in [2.05, 4.69) is 0 Å². The molecule has 196 valence electrons. The van der Waals surface area contributed by atoms with Crippen molar-refractivity contribution in [3.63, 3.8) is 0 Å². The Morgan fingerprint density at radius 2 is 1.72 bits per heavy atom. The molecule has 0 bridgehead atoms. The van der Waals surface area contributed by atoms with Crippen LogP contribution in [0.25, 0.3) is 16.3 Å². The zero-order chi connectivity index (χ0) is 26.4. The molecule has 3 aromatic rings. The maximum Gasteiger partial charge on any atom is 0.284 e. The van der Waals surface area contributed by atoms with Crippen LogP contribution in [-0.4, -0.2) is 44.0 Å². The average Bonchev–Trinajstić information content (AvgIpc) is 3.34. The van der Waals surface area contributed by atoms with Crippen molar-refractivity contribution in [3.8, 4) is 5.75 Å². The van der Waals surface area contributed by atoms with E-state index in [9.17, 15) is 25.9 Å². The van der Waals surface area contributed by atoms with Crippen molar-refractivity contribution in [2.75, 3.05) is 23.0 Å². The summed E-state index contributed by atoms with van der Waals surface area (Å²) in [6, 6.07) is 3.42. The number of rotatable bonds is 9. The third kappa shape index (κ3) is 6.10. The quantitative estimate of drug-likeness (QED) is 0.256. The molecule has 0 saturated heterocycles. The first-order valence-electron chi connectivity index (χ1n) is 10.4. The van der Waals surface area contributed by atoms with E-state index in [4.69, 9.17) is 44.0 Å². The largest absolute Gasteiger partial charge is 0.748 e. The molecule has 3 heterocycles. The number of hydrogen-bond donors (Lipinski definition) is 0. The molecule has 36 heavy (non-hydrogen) atoms. The molecule has 0 amide bonds. The maximum absolute atomic E-state index is 11.1. The van der Waals surface area contributed by atoms with Gasteiger partial charge in [-0.15, -0.1) is 0 Å². The van der Waals surface area contributed by atoms with Crippen molar-refractivity contribution in [2.45, 2.75) is 26.3 Å². The third-order valence-electron chi connectivity index (χ3n) is 5.31. The minimum atomic E-state index is -4.42. The molecule has 1 aromatic carbocycles. The molecule has 0 radical (unpaired) electrons. The van der Waals surface area contributed by atoms with Crippen LogP contribution in [-0.2, 0) is 26.8 Å². The zero-order valence-electron chi connectivity index (χ0n) is 18.5. The Bertz CT molecular complexity index is 1580. The first-order chi connectivity index (χ1) is 16.7. The van der Waals surface area contributed by atoms with Crippen LogP contribution in [0.1, 0.15) is 23.4 Å². The molecule has 4 rings (SSSR count). The van der Waals surface area contributed by atoms with Crippen molar-refractivity contribution in [3.05, 3.63) is 44.0 Å². The van der Waals surface area contributed by atoms with Crippen molar-refractivity contribution in [1.29, 1.82) is 0 Å². The monoisotopic (exact) mass is 615 g/mol. The Kier molecular flexibility index (Phi) is 7.85. The smallest absolute Gasteiger partial charge is 0.284 e. The van der Waals surface area contributed by atoms with Crippen LogP contribution in [0.4, 0.5) is 5.69 Å². The van der Waals surface area contributed by atoms with Gasteiger partial charge in [0.25, 0.3) is 15.7 Å². The van der Waals surface area contributed by atoms with Gasteiger partial charge in [-0.25, -0.2) is 16.8 Å². The van der Waals surface area contributed by atoms with Crippen LogP contribution in [0.15, 0.2) is 22.4 Å². The highest BCUT2D eigenvalue weighted by Crippen LogP contribution is 2.43. The summed E-state index contributed by atoms with van der Waals surface area (Å²) in [5.41, 5.74) is 1.79. The van der Waals surface area contributed by atoms with Crippen molar-refractivity contribution >= 4 is 88.4 Å². The minimum Gasteiger partial charge on any atom is -0.748 e. The second kappa shape index (κ2) is 10.3. The number of hydrogen-bond acceptors (Lipinski definition) is 10. The van der Waals surface area contributed by atoms with Gasteiger partial charge in [-0.1, -0.05) is 22.9 Å². The highest BCUT2D eigenvalue weighted by atomic mass is 35.5. The summed E-state index contributed by atoms with van der Waals surface area (Å²) in [6.45, 7) is 2.06. The van der Waals surface area contributed by atoms with Gasteiger partial charge in [-0.3, -0.25) is 0 Å². The summed E-state index contributed by atoms with van der Waals surface area (Å²) < 4.78 is 80.2. The molecule has 1 aliphatic rings. The summed E-state index contributed by atoms with van der Waals surface area (Å²) in [5, 5.41) is 1.07. The van der Waals surface area contributed by atoms with Gasteiger partial charge in [0.2, 0.25) is 11.1 Å². The molecule has 0 fully saturated rings. The van der Waals surface area contributed by atoms with Gasteiger partial charge < -0.3 is 23.2 Å². The number of fused-ring (bicyclic) bond motifs is 2. The van der Waals surface area contributed by atoms with E-state index in [0.717, 1.165) is 5.56 Å². The Morgan fingerprint density at radius 1 is 1.06 bits per heavy atom. The predicted octanol–water partition coefficient (Wildman–Crippen LogP) is 4.12. The molecule has 0 N–H and O–H groups in total. The van der Waals surface area contributed by atoms with E-state index in [-0.39, 0.29) is 36.4 Å². The number of halogens is 3. The number of benzene rings is 1. The summed E-state index contributed by atoms with van der Waals surface area (Å²) in [4.78, 5) is 1.69. The summed E-state index contributed by atoms with van der Waals surface area (Å²) >= 11 is 19.9. The minimum absolute atomic E-state index is 0.00331. The molecule has 1 aliphatic heterocycles. The number of furan rings is 1. The van der Waals surface area contributed by atoms with Crippen molar-refractivity contribution in [1.82, 2.24) is 0 Å². The SMILES string of the molecule is Cc1cc2c(cc1Cl)N(CCCS(=O)(=O)[O-])/C(=C\c1sc3c(Cl)oc(Cl)c3[n+]1CCCS(=O)(=O)[O-])O2. The molecule has 10 nitrogen and oxygen atoms in total. The van der Waals surface area contributed by atoms with Gasteiger partial charge in [0.1, 0.15) is 0 Å². The summed E-state index contributed by atoms with van der Waals surface area (Å²) in [6.07, 6.45) is 1.70. The van der Waals surface area contributed by atoms with E-state index < -0.39 is 31.7 Å². The molecule has 0 saturated carbocycles. The fourth-order valence-electron chi connectivity index (χ4n) is 3.74. The van der Waals surface area contributed by atoms with E-state index in [1.54, 1.807) is 34.6 Å². The third-order valence-corrected chi connectivity index (χ3v) is 9.06. The first kappa shape index (κ1) is 27.5. The number of nitrogens with zero attached hydrogens (tertiary/aromatic N) is 2. The number of anilines is 1. The lowest BCUT2D eigenvalue weighted by molar-refractivity contribution is -0.668. The summed E-state index contributed by atoms with van der Waals surface area (Å²) in [7, 11) is -8.84. The van der Waals surface area contributed by atoms with Crippen LogP contribution < -0.4 is 14.2 Å². The lowest BCUT2D eigenvalue weighted by atomic mass is 10.2. The lowest BCUT2D eigenvalue weighted by Crippen LogP contribution is -2.36. The molecule has 0 atom stereocenters. The van der Waals surface area contributed by atoms with Gasteiger partial charge in [-0.2, -0.15) is 4.57 Å². The van der Waals surface area contributed by atoms with Crippen LogP contribution in [0.2, 0.25) is 15.5 Å². The Balaban J connectivity index is 1.76. The second-order valence-corrected chi connectivity index (χ2v) is 13.1. The van der Waals surface area contributed by atoms with E-state index in [1.165, 1.54) is 11.3 Å². The van der Waals surface area contributed by atoms with Crippen LogP contribution in [0.5, 0.6) is 5.75 Å². The number of aromatic nitrogens is 1. The van der Waals surface area contributed by atoms with Gasteiger partial charge in [-0.05, 0) is 54.2 Å².